The molecule has 78 valence electrons. The molecule has 1 aromatic carbocycles. The molecular formula is C10H9NO3S. The molecule has 0 aliphatic heterocycles. The number of fused-ring (bicyclic) bond motifs is 1. The maximum absolute atomic E-state index is 11.1. The average molecular weight is 223 g/mol. The molecule has 0 fully saturated rings. The van der Waals surface area contributed by atoms with Crippen molar-refractivity contribution < 1.29 is 13.0 Å². The Bertz CT molecular complexity index is 546. The van der Waals surface area contributed by atoms with Crippen LogP contribution < -0.4 is 0 Å². The topological polar surface area (TPSA) is 78.2 Å². The maximum atomic E-state index is 11.1. The van der Waals surface area contributed by atoms with Crippen molar-refractivity contribution in [3.8, 4) is 0 Å². The van der Waals surface area contributed by atoms with Crippen molar-refractivity contribution in [2.75, 3.05) is 0 Å². The van der Waals surface area contributed by atoms with Gasteiger partial charge < -0.3 is 5.41 Å². The second kappa shape index (κ2) is 3.29. The molecular weight excluding hydrogens is 214 g/mol. The fourth-order valence-corrected chi connectivity index (χ4v) is 2.59. The molecule has 0 radical (unpaired) electrons. The van der Waals surface area contributed by atoms with Crippen molar-refractivity contribution in [3.63, 3.8) is 0 Å². The van der Waals surface area contributed by atoms with Gasteiger partial charge in [0, 0.05) is 0 Å². The lowest BCUT2D eigenvalue weighted by molar-refractivity contribution is 0.478. The van der Waals surface area contributed by atoms with Crippen LogP contribution in [0.4, 0.5) is 0 Å². The molecule has 0 heterocycles. The zero-order chi connectivity index (χ0) is 11.1. The predicted octanol–water partition coefficient (Wildman–Crippen LogP) is 1.66. The molecule has 1 aliphatic carbocycles. The molecule has 0 spiro atoms. The number of rotatable bonds is 1. The highest BCUT2D eigenvalue weighted by atomic mass is 32.2. The summed E-state index contributed by atoms with van der Waals surface area (Å²) in [5, 5.41) is 6.26. The van der Waals surface area contributed by atoms with Crippen molar-refractivity contribution in [1.82, 2.24) is 0 Å². The number of hydrogen-bond acceptors (Lipinski definition) is 3. The first kappa shape index (κ1) is 10.1. The zero-order valence-corrected chi connectivity index (χ0v) is 8.53. The van der Waals surface area contributed by atoms with E-state index in [0.717, 1.165) is 5.56 Å². The number of nitrogens with one attached hydrogen (secondary N) is 1. The van der Waals surface area contributed by atoms with E-state index in [2.05, 4.69) is 0 Å². The van der Waals surface area contributed by atoms with E-state index in [-0.39, 0.29) is 5.71 Å². The fraction of sp³-hybridized carbons (Fsp3) is 0.100. The molecule has 5 heteroatoms. The summed E-state index contributed by atoms with van der Waals surface area (Å²) in [6.07, 6.45) is 3.06. The van der Waals surface area contributed by atoms with Crippen LogP contribution in [0.25, 0.3) is 6.08 Å². The van der Waals surface area contributed by atoms with E-state index >= 15 is 0 Å². The summed E-state index contributed by atoms with van der Waals surface area (Å²) in [6.45, 7) is 0. The van der Waals surface area contributed by atoms with Crippen LogP contribution in [0.15, 0.2) is 30.3 Å². The van der Waals surface area contributed by atoms with E-state index in [1.165, 1.54) is 6.08 Å². The van der Waals surface area contributed by atoms with E-state index in [4.69, 9.17) is 9.96 Å². The van der Waals surface area contributed by atoms with Gasteiger partial charge in [-0.1, -0.05) is 30.3 Å². The van der Waals surface area contributed by atoms with E-state index in [0.29, 0.717) is 5.56 Å². The Morgan fingerprint density at radius 1 is 1.20 bits per heavy atom. The summed E-state index contributed by atoms with van der Waals surface area (Å²) >= 11 is 0. The zero-order valence-electron chi connectivity index (χ0n) is 7.71. The van der Waals surface area contributed by atoms with Gasteiger partial charge in [0.1, 0.15) is 0 Å². The summed E-state index contributed by atoms with van der Waals surface area (Å²) in [6, 6.07) is 6.81. The van der Waals surface area contributed by atoms with Gasteiger partial charge in [-0.2, -0.15) is 8.42 Å². The van der Waals surface area contributed by atoms with Crippen LogP contribution in [-0.2, 0) is 10.1 Å². The highest BCUT2D eigenvalue weighted by Crippen LogP contribution is 2.30. The Morgan fingerprint density at radius 2 is 1.87 bits per heavy atom. The molecule has 1 atom stereocenters. The lowest BCUT2D eigenvalue weighted by Crippen LogP contribution is -2.22. The third kappa shape index (κ3) is 1.71. The lowest BCUT2D eigenvalue weighted by atomic mass is 9.96. The molecule has 0 saturated heterocycles. The Labute approximate surface area is 87.5 Å². The molecule has 4 nitrogen and oxygen atoms in total. The molecule has 1 unspecified atom stereocenters. The van der Waals surface area contributed by atoms with Crippen LogP contribution >= 0.6 is 0 Å². The molecule has 2 N–H and O–H groups in total. The van der Waals surface area contributed by atoms with E-state index in [9.17, 15) is 8.42 Å². The fourth-order valence-electron chi connectivity index (χ4n) is 1.66. The number of allylic oxidation sites excluding steroid dienone is 1. The van der Waals surface area contributed by atoms with Gasteiger partial charge in [0.05, 0.1) is 5.71 Å². The Kier molecular flexibility index (Phi) is 2.21. The van der Waals surface area contributed by atoms with Crippen molar-refractivity contribution in [2.24, 2.45) is 0 Å². The standard InChI is InChI=1S/C10H9NO3S/c11-9-6-5-7-3-1-2-4-8(7)10(9)15(12,13)14/h1-6,10-11H,(H,12,13,14). The van der Waals surface area contributed by atoms with Gasteiger partial charge in [0.2, 0.25) is 0 Å². The summed E-state index contributed by atoms with van der Waals surface area (Å²) in [5.41, 5.74) is 1.06. The predicted molar refractivity (Wildman–Crippen MR) is 57.5 cm³/mol. The first-order valence-corrected chi connectivity index (χ1v) is 5.82. The first-order valence-electron chi connectivity index (χ1n) is 4.32. The second-order valence-corrected chi connectivity index (χ2v) is 4.81. The third-order valence-electron chi connectivity index (χ3n) is 2.30. The van der Waals surface area contributed by atoms with Crippen molar-refractivity contribution >= 4 is 21.9 Å². The molecule has 2 rings (SSSR count). The minimum Gasteiger partial charge on any atom is -0.303 e. The Hall–Kier alpha value is -1.46. The van der Waals surface area contributed by atoms with E-state index in [1.807, 2.05) is 0 Å². The van der Waals surface area contributed by atoms with Crippen LogP contribution in [-0.4, -0.2) is 18.7 Å². The Balaban J connectivity index is 2.67. The van der Waals surface area contributed by atoms with Crippen LogP contribution in [0.3, 0.4) is 0 Å². The van der Waals surface area contributed by atoms with Crippen LogP contribution in [0, 0.1) is 5.41 Å². The van der Waals surface area contributed by atoms with E-state index in [1.54, 1.807) is 30.3 Å². The van der Waals surface area contributed by atoms with E-state index < -0.39 is 15.4 Å². The molecule has 15 heavy (non-hydrogen) atoms. The minimum absolute atomic E-state index is 0.115. The summed E-state index contributed by atoms with van der Waals surface area (Å²) in [7, 11) is -4.26. The van der Waals surface area contributed by atoms with Gasteiger partial charge in [-0.3, -0.25) is 4.55 Å². The molecule has 0 amide bonds. The highest BCUT2D eigenvalue weighted by Gasteiger charge is 2.31. The minimum atomic E-state index is -4.26. The van der Waals surface area contributed by atoms with Crippen molar-refractivity contribution in [3.05, 3.63) is 41.5 Å². The number of benzene rings is 1. The monoisotopic (exact) mass is 223 g/mol. The number of hydrogen-bond donors (Lipinski definition) is 2. The molecule has 1 aromatic rings. The van der Waals surface area contributed by atoms with Gasteiger partial charge in [0.15, 0.2) is 5.25 Å². The van der Waals surface area contributed by atoms with Gasteiger partial charge >= 0.3 is 0 Å². The van der Waals surface area contributed by atoms with Crippen molar-refractivity contribution in [1.29, 1.82) is 5.41 Å². The summed E-state index contributed by atoms with van der Waals surface area (Å²) in [4.78, 5) is 0. The Morgan fingerprint density at radius 3 is 2.53 bits per heavy atom. The smallest absolute Gasteiger partial charge is 0.277 e. The van der Waals surface area contributed by atoms with Crippen molar-refractivity contribution in [2.45, 2.75) is 5.25 Å². The van der Waals surface area contributed by atoms with Crippen LogP contribution in [0.1, 0.15) is 16.4 Å². The van der Waals surface area contributed by atoms with Gasteiger partial charge in [-0.25, -0.2) is 0 Å². The first-order chi connectivity index (χ1) is 7.00. The second-order valence-electron chi connectivity index (χ2n) is 3.31. The normalized spacial score (nSPS) is 20.1. The summed E-state index contributed by atoms with van der Waals surface area (Å²) in [5.74, 6) is 0. The molecule has 0 aromatic heterocycles. The SMILES string of the molecule is N=C1C=Cc2ccccc2C1S(=O)(=O)O. The molecule has 0 saturated carbocycles. The van der Waals surface area contributed by atoms with Gasteiger partial charge in [0.25, 0.3) is 10.1 Å². The van der Waals surface area contributed by atoms with Crippen LogP contribution in [0.5, 0.6) is 0 Å². The third-order valence-corrected chi connectivity index (χ3v) is 3.40. The summed E-state index contributed by atoms with van der Waals surface area (Å²) < 4.78 is 31.3. The molecule has 0 bridgehead atoms. The maximum Gasteiger partial charge on any atom is 0.277 e. The quantitative estimate of drug-likeness (QED) is 0.711. The molecule has 1 aliphatic rings. The highest BCUT2D eigenvalue weighted by molar-refractivity contribution is 7.86. The average Bonchev–Trinajstić information content (AvgIpc) is 2.15. The largest absolute Gasteiger partial charge is 0.303 e. The van der Waals surface area contributed by atoms with Gasteiger partial charge in [-0.05, 0) is 17.2 Å². The van der Waals surface area contributed by atoms with Gasteiger partial charge in [-0.15, -0.1) is 0 Å². The lowest BCUT2D eigenvalue weighted by Gasteiger charge is -2.19. The van der Waals surface area contributed by atoms with Crippen LogP contribution in [0.2, 0.25) is 0 Å².